The third-order valence-corrected chi connectivity index (χ3v) is 6.37. The van der Waals surface area contributed by atoms with Gasteiger partial charge < -0.3 is 13.8 Å². The minimum Gasteiger partial charge on any atom is -0.545 e. The zero-order valence-corrected chi connectivity index (χ0v) is 20.5. The Morgan fingerprint density at radius 3 is 2.56 bits per heavy atom. The molecule has 0 spiro atoms. The SMILES string of the molecule is CCCN(CCC)P(OCCC#N)O[C@H]1[C@H]2[CH-]O[C@@]1(CC)C[C@H]2F.[U]. The Balaban J connectivity index is 0.00000312. The average molecular weight is 597 g/mol. The second kappa shape index (κ2) is 11.6. The van der Waals surface area contributed by atoms with Gasteiger partial charge in [-0.15, -0.1) is 0 Å². The fourth-order valence-corrected chi connectivity index (χ4v) is 5.30. The van der Waals surface area contributed by atoms with E-state index in [1.54, 1.807) is 6.61 Å². The number of ether oxygens (including phenoxy) is 1. The maximum absolute atomic E-state index is 14.3. The first kappa shape index (κ1) is 23.8. The van der Waals surface area contributed by atoms with Crippen molar-refractivity contribution >= 4 is 8.53 Å². The monoisotopic (exact) mass is 597 g/mol. The van der Waals surface area contributed by atoms with Crippen LogP contribution in [0.1, 0.15) is 52.9 Å². The van der Waals surface area contributed by atoms with Crippen molar-refractivity contribution < 1.29 is 49.3 Å². The van der Waals surface area contributed by atoms with Crippen LogP contribution in [-0.4, -0.2) is 42.2 Å². The van der Waals surface area contributed by atoms with E-state index in [9.17, 15) is 4.39 Å². The van der Waals surface area contributed by atoms with Crippen molar-refractivity contribution in [3.8, 4) is 6.07 Å². The van der Waals surface area contributed by atoms with Gasteiger partial charge in [-0.05, 0) is 19.3 Å². The first-order valence-electron chi connectivity index (χ1n) is 8.98. The van der Waals surface area contributed by atoms with E-state index in [2.05, 4.69) is 24.6 Å². The van der Waals surface area contributed by atoms with Crippen LogP contribution in [0, 0.1) is 55.0 Å². The molecule has 2 fully saturated rings. The van der Waals surface area contributed by atoms with Crippen molar-refractivity contribution in [3.63, 3.8) is 0 Å². The van der Waals surface area contributed by atoms with E-state index in [0.717, 1.165) is 25.9 Å². The summed E-state index contributed by atoms with van der Waals surface area (Å²) in [6, 6.07) is 2.10. The number of nitriles is 1. The molecule has 0 N–H and O–H groups in total. The number of nitrogens with zero attached hydrogens (tertiary/aromatic N) is 2. The fourth-order valence-electron chi connectivity index (χ4n) is 3.44. The topological polar surface area (TPSA) is 54.7 Å². The summed E-state index contributed by atoms with van der Waals surface area (Å²) in [7, 11) is -1.31. The van der Waals surface area contributed by atoms with E-state index in [1.165, 1.54) is 0 Å². The van der Waals surface area contributed by atoms with Crippen molar-refractivity contribution in [2.75, 3.05) is 19.7 Å². The number of hydrogen-bond acceptors (Lipinski definition) is 5. The molecule has 1 saturated carbocycles. The maximum atomic E-state index is 14.3. The molecule has 5 nitrogen and oxygen atoms in total. The molecule has 1 aliphatic heterocycles. The van der Waals surface area contributed by atoms with Crippen molar-refractivity contribution in [1.29, 1.82) is 5.26 Å². The molecule has 8 heteroatoms. The van der Waals surface area contributed by atoms with E-state index in [1.807, 2.05) is 6.92 Å². The first-order valence-corrected chi connectivity index (χ1v) is 10.1. The van der Waals surface area contributed by atoms with Gasteiger partial charge in [0, 0.05) is 50.6 Å². The second-order valence-corrected chi connectivity index (χ2v) is 7.94. The molecule has 142 valence electrons. The molecule has 0 radical (unpaired) electrons. The third kappa shape index (κ3) is 5.61. The molecule has 5 atom stereocenters. The summed E-state index contributed by atoms with van der Waals surface area (Å²) in [5.41, 5.74) is -0.562. The number of halogens is 1. The van der Waals surface area contributed by atoms with Crippen LogP contribution in [0.5, 0.6) is 0 Å². The van der Waals surface area contributed by atoms with Gasteiger partial charge in [0.25, 0.3) is 8.53 Å². The Bertz CT molecular complexity index is 437. The van der Waals surface area contributed by atoms with E-state index < -0.39 is 20.3 Å². The van der Waals surface area contributed by atoms with Gasteiger partial charge in [-0.25, -0.2) is 15.7 Å². The summed E-state index contributed by atoms with van der Waals surface area (Å²) in [6.07, 6.45) is 2.20. The summed E-state index contributed by atoms with van der Waals surface area (Å²) >= 11 is 0. The van der Waals surface area contributed by atoms with Crippen LogP contribution in [0.15, 0.2) is 0 Å². The summed E-state index contributed by atoms with van der Waals surface area (Å²) < 4.78 is 34.5. The summed E-state index contributed by atoms with van der Waals surface area (Å²) in [6.45, 7) is 9.94. The molecule has 2 rings (SSSR count). The van der Waals surface area contributed by atoms with Gasteiger partial charge in [0.15, 0.2) is 0 Å². The van der Waals surface area contributed by atoms with E-state index in [4.69, 9.17) is 19.0 Å². The summed E-state index contributed by atoms with van der Waals surface area (Å²) in [5.74, 6) is -0.320. The first-order chi connectivity index (χ1) is 11.6. The van der Waals surface area contributed by atoms with Gasteiger partial charge in [-0.1, -0.05) is 26.7 Å². The molecule has 0 aromatic rings. The van der Waals surface area contributed by atoms with Gasteiger partial charge in [0.05, 0.1) is 37.0 Å². The zero-order chi connectivity index (χ0) is 17.6. The van der Waals surface area contributed by atoms with E-state index in [0.29, 0.717) is 25.9 Å². The Morgan fingerprint density at radius 2 is 2.04 bits per heavy atom. The Labute approximate surface area is 176 Å². The Morgan fingerprint density at radius 1 is 1.36 bits per heavy atom. The molecule has 0 amide bonds. The van der Waals surface area contributed by atoms with Crippen LogP contribution < -0.4 is 0 Å². The van der Waals surface area contributed by atoms with Crippen molar-refractivity contribution in [2.24, 2.45) is 5.92 Å². The molecule has 0 aromatic heterocycles. The fraction of sp³-hybridized carbons (Fsp3) is 0.882. The average Bonchev–Trinajstić information content (AvgIpc) is 3.05. The molecule has 1 aliphatic carbocycles. The van der Waals surface area contributed by atoms with Gasteiger partial charge >= 0.3 is 0 Å². The van der Waals surface area contributed by atoms with Crippen molar-refractivity contribution in [2.45, 2.75) is 70.8 Å². The van der Waals surface area contributed by atoms with Crippen LogP contribution in [0.25, 0.3) is 0 Å². The summed E-state index contributed by atoms with van der Waals surface area (Å²) in [4.78, 5) is 0. The smallest absolute Gasteiger partial charge is 0.259 e. The number of hydrogen-bond donors (Lipinski definition) is 0. The van der Waals surface area contributed by atoms with Gasteiger partial charge in [0.2, 0.25) is 0 Å². The standard InChI is InChI=1S/C17H29FN2O3P.U/c1-4-9-20(10-5-2)24(22-11-7-8-19)23-16-14-13-21-17(16,6-3)12-15(14)18;/h13-16H,4-7,9-12H2,1-3H3;/q-1;/t14-,15+,16-,17-,24?;/m0./s1. The molecule has 0 aromatic carbocycles. The molecule has 1 saturated heterocycles. The van der Waals surface area contributed by atoms with Crippen LogP contribution in [0.4, 0.5) is 4.39 Å². The van der Waals surface area contributed by atoms with Gasteiger partial charge in [-0.2, -0.15) is 5.26 Å². The molecule has 25 heavy (non-hydrogen) atoms. The molecule has 1 unspecified atom stereocenters. The van der Waals surface area contributed by atoms with Crippen LogP contribution in [0.2, 0.25) is 0 Å². The molecule has 1 heterocycles. The number of fused-ring (bicyclic) bond motifs is 2. The van der Waals surface area contributed by atoms with Gasteiger partial charge in [-0.3, -0.25) is 0 Å². The van der Waals surface area contributed by atoms with Crippen LogP contribution in [0.3, 0.4) is 0 Å². The largest absolute Gasteiger partial charge is 0.545 e. The van der Waals surface area contributed by atoms with Gasteiger partial charge in [0.1, 0.15) is 0 Å². The van der Waals surface area contributed by atoms with Crippen LogP contribution in [-0.2, 0) is 13.8 Å². The number of rotatable bonds is 11. The normalized spacial score (nSPS) is 31.8. The van der Waals surface area contributed by atoms with E-state index >= 15 is 0 Å². The van der Waals surface area contributed by atoms with Crippen LogP contribution >= 0.6 is 8.53 Å². The van der Waals surface area contributed by atoms with E-state index in [-0.39, 0.29) is 43.1 Å². The third-order valence-electron chi connectivity index (χ3n) is 4.70. The quantitative estimate of drug-likeness (QED) is 0.202. The predicted molar refractivity (Wildman–Crippen MR) is 91.5 cm³/mol. The van der Waals surface area contributed by atoms with Crippen molar-refractivity contribution in [1.82, 2.24) is 4.67 Å². The molecule has 2 aliphatic rings. The summed E-state index contributed by atoms with van der Waals surface area (Å²) in [5, 5.41) is 8.76. The Hall–Kier alpha value is 0.742. The molecular weight excluding hydrogens is 568 g/mol. The number of alkyl halides is 1. The predicted octanol–water partition coefficient (Wildman–Crippen LogP) is 4.35. The maximum Gasteiger partial charge on any atom is 0.259 e. The molecular formula is C17H29FN2O3PU-. The van der Waals surface area contributed by atoms with Crippen molar-refractivity contribution in [3.05, 3.63) is 6.61 Å². The minimum atomic E-state index is -1.31. The Kier molecular flexibility index (Phi) is 11.0. The zero-order valence-electron chi connectivity index (χ0n) is 15.4. The molecule has 2 bridgehead atoms. The second-order valence-electron chi connectivity index (χ2n) is 6.43. The minimum absolute atomic E-state index is 0.